The number of alkyl halides is 4. The molecular weight excluding hydrogens is 945 g/mol. The van der Waals surface area contributed by atoms with E-state index in [0.717, 1.165) is 0 Å². The van der Waals surface area contributed by atoms with E-state index in [9.17, 15) is 56.2 Å². The minimum Gasteiger partial charge on any atom is -0.385 e. The van der Waals surface area contributed by atoms with Crippen molar-refractivity contribution in [3.8, 4) is 0 Å². The van der Waals surface area contributed by atoms with Crippen molar-refractivity contribution >= 4 is 64.6 Å². The summed E-state index contributed by atoms with van der Waals surface area (Å²) in [6.45, 7) is 5.94. The topological polar surface area (TPSA) is 207 Å². The van der Waals surface area contributed by atoms with E-state index in [1.54, 1.807) is 32.0 Å². The average Bonchev–Trinajstić information content (AvgIpc) is 3.67. The molecule has 3 rings (SSSR count). The number of likely N-dealkylation sites (tertiary alicyclic amines) is 1. The quantitative estimate of drug-likeness (QED) is 0.167. The molecule has 0 bridgehead atoms. The first-order valence-corrected chi connectivity index (χ1v) is 23.5. The second-order valence-corrected chi connectivity index (χ2v) is 18.7. The van der Waals surface area contributed by atoms with Crippen molar-refractivity contribution in [1.29, 1.82) is 0 Å². The number of hydrogen-bond donors (Lipinski definition) is 4. The van der Waals surface area contributed by atoms with Gasteiger partial charge in [0.25, 0.3) is 5.91 Å². The van der Waals surface area contributed by atoms with E-state index in [4.69, 9.17) is 32.7 Å². The minimum atomic E-state index is -5.46. The summed E-state index contributed by atoms with van der Waals surface area (Å²) in [7, 11) is 4.20. The lowest BCUT2D eigenvalue weighted by Gasteiger charge is -2.38. The van der Waals surface area contributed by atoms with Gasteiger partial charge in [-0.25, -0.2) is 4.39 Å². The molecule has 0 radical (unpaired) electrons. The first kappa shape index (κ1) is 58.0. The number of amides is 7. The number of benzene rings is 1. The Morgan fingerprint density at radius 3 is 2.25 bits per heavy atom. The number of halogens is 6. The number of aliphatic hydroxyl groups is 1. The smallest absolute Gasteiger partial charge is 0.385 e. The van der Waals surface area contributed by atoms with Gasteiger partial charge in [-0.05, 0) is 82.1 Å². The third kappa shape index (κ3) is 15.1. The number of rotatable bonds is 17. The van der Waals surface area contributed by atoms with Crippen molar-refractivity contribution in [2.75, 3.05) is 60.7 Å². The summed E-state index contributed by atoms with van der Waals surface area (Å²) < 4.78 is 66.4. The number of carbonyl (C=O) groups excluding carboxylic acids is 7. The van der Waals surface area contributed by atoms with Gasteiger partial charge in [-0.2, -0.15) is 13.2 Å². The number of likely N-dealkylation sites (N-methyl/N-ethyl adjacent to an activating group) is 2. The molecule has 0 saturated carbocycles. The molecule has 2 saturated heterocycles. The van der Waals surface area contributed by atoms with Crippen LogP contribution in [-0.2, 0) is 49.5 Å². The van der Waals surface area contributed by atoms with E-state index in [2.05, 4.69) is 16.0 Å². The fourth-order valence-electron chi connectivity index (χ4n) is 8.32. The normalized spacial score (nSPS) is 24.1. The minimum absolute atomic E-state index is 0.0191. The zero-order valence-electron chi connectivity index (χ0n) is 39.9. The Labute approximate surface area is 405 Å². The summed E-state index contributed by atoms with van der Waals surface area (Å²) >= 11 is 12.9. The van der Waals surface area contributed by atoms with Crippen LogP contribution >= 0.6 is 23.2 Å². The summed E-state index contributed by atoms with van der Waals surface area (Å²) in [6.07, 6.45) is -7.54. The molecule has 2 heterocycles. The van der Waals surface area contributed by atoms with Crippen LogP contribution in [0.15, 0.2) is 18.2 Å². The van der Waals surface area contributed by atoms with Crippen LogP contribution in [0.5, 0.6) is 0 Å². The second-order valence-electron chi connectivity index (χ2n) is 17.8. The molecule has 17 nitrogen and oxygen atoms in total. The predicted octanol–water partition coefficient (Wildman–Crippen LogP) is 3.44. The lowest BCUT2D eigenvalue weighted by Crippen LogP contribution is -2.62. The number of nitrogens with one attached hydrogen (secondary N) is 3. The summed E-state index contributed by atoms with van der Waals surface area (Å²) in [6, 6.07) is -3.74. The molecule has 1 aromatic carbocycles. The molecule has 2 aliphatic rings. The summed E-state index contributed by atoms with van der Waals surface area (Å²) in [5.41, 5.74) is -3.53. The van der Waals surface area contributed by atoms with Gasteiger partial charge in [0.1, 0.15) is 42.4 Å². The van der Waals surface area contributed by atoms with E-state index in [1.165, 1.54) is 36.0 Å². The Balaban J connectivity index is 2.14. The van der Waals surface area contributed by atoms with Crippen molar-refractivity contribution in [3.05, 3.63) is 33.8 Å². The summed E-state index contributed by atoms with van der Waals surface area (Å²) in [5, 5.41) is 18.8. The van der Waals surface area contributed by atoms with Crippen LogP contribution in [0.25, 0.3) is 0 Å². The maximum Gasteiger partial charge on any atom is 0.426 e. The molecule has 68 heavy (non-hydrogen) atoms. The highest BCUT2D eigenvalue weighted by atomic mass is 35.5. The molecule has 2 aliphatic heterocycles. The highest BCUT2D eigenvalue weighted by molar-refractivity contribution is 6.33. The number of carbonyl (C=O) groups is 7. The van der Waals surface area contributed by atoms with Gasteiger partial charge in [0.05, 0.1) is 13.2 Å². The van der Waals surface area contributed by atoms with Crippen LogP contribution in [-0.4, -0.2) is 181 Å². The Morgan fingerprint density at radius 2 is 1.66 bits per heavy atom. The van der Waals surface area contributed by atoms with Crippen LogP contribution in [0, 0.1) is 5.92 Å². The van der Waals surface area contributed by atoms with Gasteiger partial charge in [0, 0.05) is 70.4 Å². The Bertz CT molecular complexity index is 1930. The van der Waals surface area contributed by atoms with Crippen LogP contribution in [0.4, 0.5) is 17.6 Å². The monoisotopic (exact) mass is 1010 g/mol. The van der Waals surface area contributed by atoms with E-state index in [0.29, 0.717) is 28.3 Å². The average molecular weight is 1010 g/mol. The number of ether oxygens (including phenoxy) is 2. The van der Waals surface area contributed by atoms with Gasteiger partial charge in [-0.1, -0.05) is 44.0 Å². The van der Waals surface area contributed by atoms with E-state index >= 15 is 0 Å². The van der Waals surface area contributed by atoms with Crippen LogP contribution in [0.3, 0.4) is 0 Å². The fraction of sp³-hybridized carbons (Fsp3) is 0.711. The fourth-order valence-corrected chi connectivity index (χ4v) is 8.71. The molecule has 0 spiro atoms. The number of nitrogens with zero attached hydrogens (tertiary/aromatic N) is 4. The molecule has 384 valence electrons. The first-order valence-electron chi connectivity index (χ1n) is 22.8. The molecule has 23 heteroatoms. The van der Waals surface area contributed by atoms with Gasteiger partial charge < -0.3 is 50.1 Å². The molecule has 1 aromatic rings. The van der Waals surface area contributed by atoms with Crippen molar-refractivity contribution in [1.82, 2.24) is 35.6 Å². The van der Waals surface area contributed by atoms with Gasteiger partial charge >= 0.3 is 6.18 Å². The molecule has 2 fully saturated rings. The zero-order chi connectivity index (χ0) is 51.3. The predicted molar refractivity (Wildman–Crippen MR) is 244 cm³/mol. The van der Waals surface area contributed by atoms with Crippen molar-refractivity contribution in [3.63, 3.8) is 0 Å². The Kier molecular flexibility index (Phi) is 22.2. The van der Waals surface area contributed by atoms with Gasteiger partial charge in [-0.15, -0.1) is 0 Å². The molecule has 7 amide bonds. The third-order valence-electron chi connectivity index (χ3n) is 12.0. The summed E-state index contributed by atoms with van der Waals surface area (Å²) in [5.74, 6) is -6.77. The highest BCUT2D eigenvalue weighted by Gasteiger charge is 2.59. The number of hydrogen-bond acceptors (Lipinski definition) is 10. The van der Waals surface area contributed by atoms with Crippen molar-refractivity contribution in [2.45, 2.75) is 140 Å². The van der Waals surface area contributed by atoms with Crippen LogP contribution in [0.1, 0.15) is 85.1 Å². The number of methoxy groups -OCH3 is 2. The van der Waals surface area contributed by atoms with Gasteiger partial charge in [0.2, 0.25) is 41.0 Å². The third-order valence-corrected chi connectivity index (χ3v) is 12.6. The standard InChI is InChI=1S/C45H67Cl2F4N7O10/c1-9-17-57-35(22-27-21-28(46)14-15-30(27)47)38(60)54-33(25-68-8)40(62)55(6)18-12-11-13-34(37(59)53-32(42(57)64)20-26(3)4)56(10-2)41(63)31(16-19-67-7)52-39(61)36-23-29(48)24-58(36)43(65)44(5,66)45(49,50)51/h14-15,21,26,29,31-36,66H,9-13,16-20,22-25H2,1-8H3,(H,52,61)(H,53,59)(H,54,60)/t29-,31+,32+,33-,34+,35+,36+,44-/m1/s1. The maximum atomic E-state index is 15.0. The SMILES string of the molecule is CCCN1C(=O)[C@H](CC(C)C)NC(=O)[C@@H](N(CC)C(=O)[C@H](CCOC)NC(=O)[C@@H]2C[C@@H](F)CN2C(=O)[C@@](C)(O)C(F)(F)F)CCCCN(C)C(=O)[C@@H](COC)NC(=O)[C@@H]1Cc1cc(Cl)ccc1Cl. The summed E-state index contributed by atoms with van der Waals surface area (Å²) in [4.78, 5) is 104. The van der Waals surface area contributed by atoms with Crippen LogP contribution in [0.2, 0.25) is 10.0 Å². The van der Waals surface area contributed by atoms with Gasteiger partial charge in [0.15, 0.2) is 0 Å². The van der Waals surface area contributed by atoms with Crippen molar-refractivity contribution < 1.29 is 65.7 Å². The molecule has 0 unspecified atom stereocenters. The van der Waals surface area contributed by atoms with Crippen molar-refractivity contribution in [2.24, 2.45) is 5.92 Å². The second kappa shape index (κ2) is 26.1. The molecule has 0 aromatic heterocycles. The lowest BCUT2D eigenvalue weighted by molar-refractivity contribution is -0.250. The van der Waals surface area contributed by atoms with Gasteiger partial charge in [-0.3, -0.25) is 33.6 Å². The molecule has 8 atom stereocenters. The molecule has 4 N–H and O–H groups in total. The van der Waals surface area contributed by atoms with Crippen LogP contribution < -0.4 is 16.0 Å². The van der Waals surface area contributed by atoms with E-state index in [1.807, 2.05) is 13.8 Å². The lowest BCUT2D eigenvalue weighted by atomic mass is 9.97. The Morgan fingerprint density at radius 1 is 1.00 bits per heavy atom. The first-order chi connectivity index (χ1) is 31.8. The maximum absolute atomic E-state index is 15.0. The van der Waals surface area contributed by atoms with E-state index < -0.39 is 109 Å². The van der Waals surface area contributed by atoms with E-state index in [-0.39, 0.29) is 82.8 Å². The Hall–Kier alpha value is -4.31. The largest absolute Gasteiger partial charge is 0.426 e. The molecule has 0 aliphatic carbocycles. The molecular formula is C45H67Cl2F4N7O10. The zero-order valence-corrected chi connectivity index (χ0v) is 41.4. The highest BCUT2D eigenvalue weighted by Crippen LogP contribution is 2.34.